The molecule has 50 heavy (non-hydrogen) atoms. The Morgan fingerprint density at radius 1 is 1.04 bits per heavy atom. The van der Waals surface area contributed by atoms with Crippen molar-refractivity contribution < 1.29 is 33.8 Å². The van der Waals surface area contributed by atoms with Gasteiger partial charge < -0.3 is 29.7 Å². The number of halogens is 1. The average Bonchev–Trinajstić information content (AvgIpc) is 3.84. The van der Waals surface area contributed by atoms with Gasteiger partial charge in [-0.05, 0) is 43.5 Å². The largest absolute Gasteiger partial charge is 0.455 e. The number of hydrogen-bond acceptors (Lipinski definition) is 9. The number of fused-ring (bicyclic) bond motifs is 3. The van der Waals surface area contributed by atoms with E-state index >= 15 is 4.79 Å². The first-order chi connectivity index (χ1) is 24.2. The third kappa shape index (κ3) is 5.72. The van der Waals surface area contributed by atoms with Crippen molar-refractivity contribution in [2.24, 2.45) is 11.8 Å². The van der Waals surface area contributed by atoms with Crippen LogP contribution in [0, 0.1) is 11.8 Å². The van der Waals surface area contributed by atoms with Gasteiger partial charge in [0.2, 0.25) is 11.8 Å². The van der Waals surface area contributed by atoms with E-state index in [1.54, 1.807) is 22.6 Å². The SMILES string of the molecule is CC[C@@H](CO)N1C(=O)[C@H]2[C@@H]3C(=O)O[C@H](c4ccccc4)[C@@H](C)NC(=O)CC/C=C\CN(Cn4nnc5ccccc54)C(=O)[C@H]1[C@@]21C=C(Br)[C@@H]3O1. The second-order valence-electron chi connectivity index (χ2n) is 13.2. The van der Waals surface area contributed by atoms with Crippen molar-refractivity contribution in [2.45, 2.75) is 75.7 Å². The molecule has 2 N–H and O–H groups in total. The number of aromatic nitrogens is 3. The van der Waals surface area contributed by atoms with E-state index in [1.807, 2.05) is 73.7 Å². The van der Waals surface area contributed by atoms with Crippen LogP contribution in [0.5, 0.6) is 0 Å². The maximum atomic E-state index is 15.0. The summed E-state index contributed by atoms with van der Waals surface area (Å²) in [6.45, 7) is 3.33. The van der Waals surface area contributed by atoms with Crippen LogP contribution >= 0.6 is 15.9 Å². The number of carbonyl (C=O) groups is 4. The van der Waals surface area contributed by atoms with Gasteiger partial charge in [0.05, 0.1) is 30.1 Å². The van der Waals surface area contributed by atoms with Crippen molar-refractivity contribution in [3.05, 3.63) is 82.9 Å². The van der Waals surface area contributed by atoms with E-state index in [0.717, 1.165) is 0 Å². The normalized spacial score (nSPS) is 31.4. The number of benzene rings is 2. The van der Waals surface area contributed by atoms with Crippen LogP contribution in [0.25, 0.3) is 11.0 Å². The van der Waals surface area contributed by atoms with E-state index in [4.69, 9.17) is 9.47 Å². The number of cyclic esters (lactones) is 1. The predicted octanol–water partition coefficient (Wildman–Crippen LogP) is 3.00. The number of amides is 3. The molecule has 0 radical (unpaired) electrons. The summed E-state index contributed by atoms with van der Waals surface area (Å²) >= 11 is 3.59. The number of carbonyl (C=O) groups excluding carboxylic acids is 4. The molecule has 5 bridgehead atoms. The number of allylic oxidation sites excluding steroid dienone is 1. The Hall–Kier alpha value is -4.40. The fraction of sp³-hybridized carbons (Fsp3) is 0.444. The highest BCUT2D eigenvalue weighted by atomic mass is 79.9. The maximum absolute atomic E-state index is 15.0. The smallest absolute Gasteiger partial charge is 0.313 e. The fourth-order valence-electron chi connectivity index (χ4n) is 7.83. The average molecular weight is 748 g/mol. The third-order valence-corrected chi connectivity index (χ3v) is 10.9. The number of aliphatic hydroxyl groups is 1. The first-order valence-electron chi connectivity index (χ1n) is 16.9. The summed E-state index contributed by atoms with van der Waals surface area (Å²) in [5, 5.41) is 22.1. The van der Waals surface area contributed by atoms with Crippen LogP contribution in [-0.4, -0.2) is 96.6 Å². The summed E-state index contributed by atoms with van der Waals surface area (Å²) in [4.78, 5) is 60.1. The molecule has 0 unspecified atom stereocenters. The summed E-state index contributed by atoms with van der Waals surface area (Å²) in [6, 6.07) is 14.0. The minimum atomic E-state index is -1.52. The lowest BCUT2D eigenvalue weighted by molar-refractivity contribution is -0.162. The van der Waals surface area contributed by atoms with Gasteiger partial charge in [-0.2, -0.15) is 0 Å². The highest BCUT2D eigenvalue weighted by molar-refractivity contribution is 9.11. The summed E-state index contributed by atoms with van der Waals surface area (Å²) in [7, 11) is 0. The third-order valence-electron chi connectivity index (χ3n) is 10.2. The molecule has 2 aromatic carbocycles. The van der Waals surface area contributed by atoms with Gasteiger partial charge in [0.1, 0.15) is 42.0 Å². The number of aliphatic hydroxyl groups excluding tert-OH is 1. The quantitative estimate of drug-likeness (QED) is 0.286. The molecule has 2 saturated heterocycles. The van der Waals surface area contributed by atoms with Gasteiger partial charge in [-0.3, -0.25) is 19.2 Å². The Morgan fingerprint density at radius 2 is 1.80 bits per heavy atom. The topological polar surface area (TPSA) is 156 Å². The van der Waals surface area contributed by atoms with Gasteiger partial charge in [-0.25, -0.2) is 4.68 Å². The van der Waals surface area contributed by atoms with E-state index in [-0.39, 0.29) is 32.1 Å². The van der Waals surface area contributed by atoms with Crippen molar-refractivity contribution in [2.75, 3.05) is 13.2 Å². The summed E-state index contributed by atoms with van der Waals surface area (Å²) in [6.07, 6.45) is 4.58. The molecule has 1 aromatic heterocycles. The van der Waals surface area contributed by atoms with Gasteiger partial charge in [0.25, 0.3) is 5.91 Å². The Kier molecular flexibility index (Phi) is 9.35. The zero-order valence-corrected chi connectivity index (χ0v) is 29.3. The highest BCUT2D eigenvalue weighted by Crippen LogP contribution is 2.59. The van der Waals surface area contributed by atoms with Crippen LogP contribution in [0.15, 0.2) is 77.3 Å². The number of hydrogen-bond donors (Lipinski definition) is 2. The molecule has 5 heterocycles. The molecular weight excluding hydrogens is 708 g/mol. The Labute approximate surface area is 297 Å². The number of rotatable bonds is 6. The van der Waals surface area contributed by atoms with Gasteiger partial charge in [0.15, 0.2) is 0 Å². The molecule has 3 amide bonds. The van der Waals surface area contributed by atoms with Gasteiger partial charge in [0, 0.05) is 17.4 Å². The molecule has 13 nitrogen and oxygen atoms in total. The van der Waals surface area contributed by atoms with Gasteiger partial charge in [-0.15, -0.1) is 5.10 Å². The molecule has 2 fully saturated rings. The molecule has 262 valence electrons. The Balaban J connectivity index is 1.34. The molecule has 7 rings (SSSR count). The molecule has 14 heteroatoms. The second kappa shape index (κ2) is 13.7. The van der Waals surface area contributed by atoms with Crippen molar-refractivity contribution in [1.29, 1.82) is 0 Å². The monoisotopic (exact) mass is 746 g/mol. The Morgan fingerprint density at radius 3 is 2.56 bits per heavy atom. The van der Waals surface area contributed by atoms with Gasteiger partial charge >= 0.3 is 5.97 Å². The van der Waals surface area contributed by atoms with Crippen LogP contribution in [0.4, 0.5) is 0 Å². The highest BCUT2D eigenvalue weighted by Gasteiger charge is 2.75. The molecule has 1 spiro atoms. The zero-order valence-electron chi connectivity index (χ0n) is 27.7. The van der Waals surface area contributed by atoms with E-state index in [9.17, 15) is 19.5 Å². The summed E-state index contributed by atoms with van der Waals surface area (Å²) in [5.41, 5.74) is 0.525. The number of nitrogens with zero attached hydrogens (tertiary/aromatic N) is 5. The van der Waals surface area contributed by atoms with Crippen molar-refractivity contribution in [3.63, 3.8) is 0 Å². The first-order valence-corrected chi connectivity index (χ1v) is 17.7. The minimum absolute atomic E-state index is 0.00454. The lowest BCUT2D eigenvalue weighted by Gasteiger charge is -2.38. The summed E-state index contributed by atoms with van der Waals surface area (Å²) in [5.74, 6) is -4.02. The Bertz CT molecular complexity index is 1860. The van der Waals surface area contributed by atoms with Crippen LogP contribution in [0.2, 0.25) is 0 Å². The fourth-order valence-corrected chi connectivity index (χ4v) is 8.56. The number of nitrogens with one attached hydrogen (secondary N) is 1. The number of para-hydroxylation sites is 1. The summed E-state index contributed by atoms with van der Waals surface area (Å²) < 4.78 is 15.0. The second-order valence-corrected chi connectivity index (χ2v) is 14.1. The van der Waals surface area contributed by atoms with E-state index in [2.05, 4.69) is 31.6 Å². The van der Waals surface area contributed by atoms with E-state index in [0.29, 0.717) is 33.9 Å². The standard InChI is InChI=1S/C36H39BrN6O7/c1-3-23(19-44)43-32-34(47)41(20-42-26-15-10-9-14-25(26)39-40-42)17-11-5-8-16-27(45)38-21(2)30(22-12-6-4-7-13-22)49-35(48)28-29(33(43)46)36(32)18-24(37)31(28)50-36/h4-7,9-15,18,21,23,28-32,44H,3,8,16-17,19-20H2,1-2H3,(H,38,45)/b11-5-/t21-,23+,28+,29-,30+,31+,32+,36-/m1/s1. The first kappa shape index (κ1) is 34.1. The predicted molar refractivity (Wildman–Crippen MR) is 184 cm³/mol. The molecular formula is C36H39BrN6O7. The number of ether oxygens (including phenoxy) is 2. The molecule has 4 aliphatic heterocycles. The van der Waals surface area contributed by atoms with Crippen LogP contribution in [0.3, 0.4) is 0 Å². The van der Waals surface area contributed by atoms with Crippen molar-refractivity contribution in [1.82, 2.24) is 30.1 Å². The number of likely N-dealkylation sites (tertiary alicyclic amines) is 1. The van der Waals surface area contributed by atoms with Gasteiger partial charge in [-0.1, -0.05) is 82.7 Å². The van der Waals surface area contributed by atoms with Crippen LogP contribution in [0.1, 0.15) is 44.8 Å². The number of esters is 1. The maximum Gasteiger partial charge on any atom is 0.313 e. The minimum Gasteiger partial charge on any atom is -0.455 e. The van der Waals surface area contributed by atoms with Crippen molar-refractivity contribution in [3.8, 4) is 0 Å². The molecule has 0 aliphatic carbocycles. The van der Waals surface area contributed by atoms with E-state index in [1.165, 1.54) is 4.90 Å². The van der Waals surface area contributed by atoms with Crippen LogP contribution < -0.4 is 5.32 Å². The zero-order chi connectivity index (χ0) is 35.2. The molecule has 0 saturated carbocycles. The molecule has 8 atom stereocenters. The van der Waals surface area contributed by atoms with E-state index < -0.39 is 65.6 Å². The van der Waals surface area contributed by atoms with Crippen LogP contribution in [-0.2, 0) is 35.3 Å². The van der Waals surface area contributed by atoms with Crippen molar-refractivity contribution >= 4 is 50.7 Å². The lowest BCUT2D eigenvalue weighted by atomic mass is 9.74. The molecule has 3 aromatic rings. The molecule has 4 aliphatic rings. The lowest BCUT2D eigenvalue weighted by Crippen LogP contribution is -2.58.